The molecule has 238 valence electrons. The van der Waals surface area contributed by atoms with Gasteiger partial charge in [-0.2, -0.15) is 13.2 Å². The molecular weight excluding hydrogens is 589 g/mol. The fourth-order valence-electron chi connectivity index (χ4n) is 4.04. The number of rotatable bonds is 12. The van der Waals surface area contributed by atoms with Crippen molar-refractivity contribution in [1.82, 2.24) is 10.6 Å². The highest BCUT2D eigenvalue weighted by atomic mass is 19.4. The number of benzene rings is 1. The lowest BCUT2D eigenvalue weighted by Gasteiger charge is -2.44. The zero-order valence-electron chi connectivity index (χ0n) is 23.3. The van der Waals surface area contributed by atoms with E-state index in [0.717, 1.165) is 20.8 Å². The van der Waals surface area contributed by atoms with E-state index in [-0.39, 0.29) is 6.61 Å². The summed E-state index contributed by atoms with van der Waals surface area (Å²) in [4.78, 5) is 71.7. The summed E-state index contributed by atoms with van der Waals surface area (Å²) < 4.78 is 63.7. The van der Waals surface area contributed by atoms with E-state index in [2.05, 4.69) is 5.32 Å². The van der Waals surface area contributed by atoms with Crippen molar-refractivity contribution in [1.29, 1.82) is 0 Å². The van der Waals surface area contributed by atoms with E-state index in [9.17, 15) is 47.0 Å². The number of carbonyl (C=O) groups excluding carboxylic acids is 6. The molecule has 1 aromatic carbocycles. The van der Waals surface area contributed by atoms with E-state index in [0.29, 0.717) is 5.56 Å². The first-order chi connectivity index (χ1) is 20.0. The number of nitrogens with one attached hydrogen (secondary N) is 2. The first-order valence-electron chi connectivity index (χ1n) is 12.7. The second-order valence-corrected chi connectivity index (χ2v) is 9.40. The van der Waals surface area contributed by atoms with Crippen LogP contribution in [-0.4, -0.2) is 90.3 Å². The molecule has 4 unspecified atom stereocenters. The maximum atomic E-state index is 13.0. The van der Waals surface area contributed by atoms with E-state index in [4.69, 9.17) is 23.7 Å². The van der Waals surface area contributed by atoms with E-state index in [1.54, 1.807) is 30.3 Å². The highest BCUT2D eigenvalue weighted by molar-refractivity contribution is 5.87. The molecule has 0 aromatic heterocycles. The van der Waals surface area contributed by atoms with E-state index in [1.807, 2.05) is 0 Å². The van der Waals surface area contributed by atoms with Gasteiger partial charge in [0.1, 0.15) is 25.4 Å². The Morgan fingerprint density at radius 3 is 2.23 bits per heavy atom. The fourth-order valence-corrected chi connectivity index (χ4v) is 4.04. The Kier molecular flexibility index (Phi) is 12.4. The lowest BCUT2D eigenvalue weighted by molar-refractivity contribution is -0.285. The highest BCUT2D eigenvalue weighted by Crippen LogP contribution is 2.33. The Hall–Kier alpha value is -4.25. The summed E-state index contributed by atoms with van der Waals surface area (Å²) in [6, 6.07) is 6.83. The minimum atomic E-state index is -5.28. The molecule has 1 saturated heterocycles. The molecule has 1 aliphatic rings. The van der Waals surface area contributed by atoms with Crippen molar-refractivity contribution >= 4 is 35.7 Å². The molecule has 1 aromatic rings. The minimum Gasteiger partial charge on any atom is -0.462 e. The zero-order chi connectivity index (χ0) is 32.4. The van der Waals surface area contributed by atoms with E-state index < -0.39 is 98.0 Å². The summed E-state index contributed by atoms with van der Waals surface area (Å²) in [5.41, 5.74) is 0.547. The van der Waals surface area contributed by atoms with Gasteiger partial charge in [-0.3, -0.25) is 24.0 Å². The van der Waals surface area contributed by atoms with Gasteiger partial charge < -0.3 is 39.4 Å². The van der Waals surface area contributed by atoms with Crippen molar-refractivity contribution in [3.63, 3.8) is 0 Å². The van der Waals surface area contributed by atoms with Gasteiger partial charge in [0.2, 0.25) is 5.91 Å². The Bertz CT molecular complexity index is 1180. The van der Waals surface area contributed by atoms with Crippen LogP contribution in [-0.2, 0) is 59.1 Å². The summed E-state index contributed by atoms with van der Waals surface area (Å²) in [5, 5.41) is 14.9. The molecule has 3 N–H and O–H groups in total. The summed E-state index contributed by atoms with van der Waals surface area (Å²) in [6.45, 7) is 1.07. The summed E-state index contributed by atoms with van der Waals surface area (Å²) in [6.07, 6.45) is -11.0. The number of carbonyl (C=O) groups is 6. The third kappa shape index (κ3) is 11.5. The van der Waals surface area contributed by atoms with E-state index >= 15 is 0 Å². The normalized spacial score (nSPS) is 22.3. The van der Waals surface area contributed by atoms with Crippen molar-refractivity contribution in [3.8, 4) is 0 Å². The monoisotopic (exact) mass is 620 g/mol. The number of hydrogen-bond donors (Lipinski definition) is 3. The Morgan fingerprint density at radius 1 is 1.02 bits per heavy atom. The van der Waals surface area contributed by atoms with E-state index in [1.165, 1.54) is 5.32 Å². The van der Waals surface area contributed by atoms with Crippen molar-refractivity contribution in [2.24, 2.45) is 0 Å². The summed E-state index contributed by atoms with van der Waals surface area (Å²) >= 11 is 0. The molecule has 43 heavy (non-hydrogen) atoms. The van der Waals surface area contributed by atoms with Gasteiger partial charge in [-0.15, -0.1) is 0 Å². The second-order valence-electron chi connectivity index (χ2n) is 9.40. The van der Waals surface area contributed by atoms with Crippen molar-refractivity contribution < 1.29 is 70.7 Å². The van der Waals surface area contributed by atoms with Crippen molar-refractivity contribution in [2.75, 3.05) is 13.2 Å². The van der Waals surface area contributed by atoms with Crippen molar-refractivity contribution in [2.45, 2.75) is 76.5 Å². The molecule has 1 fully saturated rings. The number of alkyl halides is 3. The van der Waals surface area contributed by atoms with Gasteiger partial charge >= 0.3 is 36.0 Å². The first kappa shape index (κ1) is 34.9. The zero-order valence-corrected chi connectivity index (χ0v) is 23.3. The van der Waals surface area contributed by atoms with Gasteiger partial charge in [0.15, 0.2) is 0 Å². The second kappa shape index (κ2) is 15.3. The van der Waals surface area contributed by atoms with Gasteiger partial charge in [-0.05, 0) is 5.56 Å². The van der Waals surface area contributed by atoms with Crippen LogP contribution in [0.15, 0.2) is 30.3 Å². The molecule has 0 radical (unpaired) electrons. The van der Waals surface area contributed by atoms with Crippen LogP contribution in [0.3, 0.4) is 0 Å². The number of esters is 4. The highest BCUT2D eigenvalue weighted by Gasteiger charge is 2.54. The smallest absolute Gasteiger partial charge is 0.462 e. The molecule has 1 heterocycles. The number of ether oxygens (including phenoxy) is 5. The molecule has 1 aliphatic heterocycles. The topological polar surface area (TPSA) is 193 Å². The van der Waals surface area contributed by atoms with Gasteiger partial charge in [0.05, 0.1) is 25.1 Å². The van der Waals surface area contributed by atoms with Crippen LogP contribution < -0.4 is 10.6 Å². The molecule has 0 spiro atoms. The predicted molar refractivity (Wildman–Crippen MR) is 134 cm³/mol. The average Bonchev–Trinajstić information content (AvgIpc) is 2.90. The summed E-state index contributed by atoms with van der Waals surface area (Å²) in [5.74, 6) is -10.2. The molecule has 14 nitrogen and oxygen atoms in total. The van der Waals surface area contributed by atoms with Crippen LogP contribution in [0.2, 0.25) is 0 Å². The molecule has 2 amide bonds. The minimum absolute atomic E-state index is 0.296. The van der Waals surface area contributed by atoms with Crippen LogP contribution in [0.5, 0.6) is 0 Å². The van der Waals surface area contributed by atoms with Gasteiger partial charge in [-0.1, -0.05) is 30.3 Å². The third-order valence-electron chi connectivity index (χ3n) is 5.77. The first-order valence-corrected chi connectivity index (χ1v) is 12.7. The largest absolute Gasteiger partial charge is 0.471 e. The molecule has 0 aliphatic carbocycles. The number of halogens is 3. The van der Waals surface area contributed by atoms with Gasteiger partial charge in [0, 0.05) is 27.2 Å². The van der Waals surface area contributed by atoms with Crippen LogP contribution in [0.1, 0.15) is 39.2 Å². The maximum absolute atomic E-state index is 13.0. The maximum Gasteiger partial charge on any atom is 0.471 e. The number of hydrogen-bond acceptors (Lipinski definition) is 12. The Labute approximate surface area is 243 Å². The standard InChI is InChI=1S/C26H31F3N2O12/c1-14(32)39-13-18(41-15(2)33)9-19-22(31-21(35)11-30-23(36)26(27,28)29)20(42-16(3)34)10-25(38,43-19)24(37)40-12-17-7-5-4-6-8-17/h4-8,18-20,22,38H,9-13H2,1-3H3,(H,30,36)(H,31,35)/t18?,19?,20-,22?,25?/m1/s1. The lowest BCUT2D eigenvalue weighted by atomic mass is 9.89. The number of aliphatic hydroxyl groups is 1. The average molecular weight is 621 g/mol. The molecule has 0 saturated carbocycles. The van der Waals surface area contributed by atoms with Crippen molar-refractivity contribution in [3.05, 3.63) is 35.9 Å². The van der Waals surface area contributed by atoms with Crippen LogP contribution >= 0.6 is 0 Å². The fraction of sp³-hybridized carbons (Fsp3) is 0.538. The van der Waals surface area contributed by atoms with Crippen LogP contribution in [0, 0.1) is 0 Å². The SMILES string of the molecule is CC(=O)OCC(CC1OC(O)(C(=O)OCc2ccccc2)C[C@@H](OC(C)=O)C1NC(=O)CNC(=O)C(F)(F)F)OC(C)=O. The Morgan fingerprint density at radius 2 is 1.67 bits per heavy atom. The molecule has 0 bridgehead atoms. The quantitative estimate of drug-likeness (QED) is 0.213. The molecule has 5 atom stereocenters. The number of amides is 2. The van der Waals surface area contributed by atoms with Gasteiger partial charge in [-0.25, -0.2) is 4.79 Å². The molecule has 17 heteroatoms. The third-order valence-corrected chi connectivity index (χ3v) is 5.77. The van der Waals surface area contributed by atoms with Crippen LogP contribution in [0.25, 0.3) is 0 Å². The molecular formula is C26H31F3N2O12. The Balaban J connectivity index is 2.38. The lowest BCUT2D eigenvalue weighted by Crippen LogP contribution is -2.65. The van der Waals surface area contributed by atoms with Crippen LogP contribution in [0.4, 0.5) is 13.2 Å². The molecule has 2 rings (SSSR count). The van der Waals surface area contributed by atoms with Gasteiger partial charge in [0.25, 0.3) is 5.79 Å². The predicted octanol–water partition coefficient (Wildman–Crippen LogP) is 0.187. The summed E-state index contributed by atoms with van der Waals surface area (Å²) in [7, 11) is 0.